The van der Waals surface area contributed by atoms with Crippen LogP contribution in [0.2, 0.25) is 0 Å². The number of halogens is 5. The van der Waals surface area contributed by atoms with E-state index in [2.05, 4.69) is 0 Å². The van der Waals surface area contributed by atoms with Gasteiger partial charge in [-0.3, -0.25) is 0 Å². The molecule has 0 bridgehead atoms. The van der Waals surface area contributed by atoms with Crippen LogP contribution in [0, 0.1) is 5.41 Å². The molecule has 1 N–H and O–H groups in total. The van der Waals surface area contributed by atoms with Gasteiger partial charge in [-0.2, -0.15) is 8.78 Å². The Morgan fingerprint density at radius 3 is 1.93 bits per heavy atom. The SMILES string of the molecule is CC(C)(C(=CF)C(=O)O)C(F)(F)C(F)F. The highest BCUT2D eigenvalue weighted by molar-refractivity contribution is 5.88. The minimum absolute atomic E-state index is 0.540. The molecule has 0 aromatic rings. The first-order valence-electron chi connectivity index (χ1n) is 3.79. The number of hydrogen-bond donors (Lipinski definition) is 1. The monoisotopic (exact) mass is 232 g/mol. The van der Waals surface area contributed by atoms with E-state index in [-0.39, 0.29) is 0 Å². The molecule has 2 nitrogen and oxygen atoms in total. The first-order valence-corrected chi connectivity index (χ1v) is 3.79. The minimum atomic E-state index is -4.62. The van der Waals surface area contributed by atoms with Crippen LogP contribution < -0.4 is 0 Å². The van der Waals surface area contributed by atoms with Gasteiger partial charge < -0.3 is 5.11 Å². The fraction of sp³-hybridized carbons (Fsp3) is 0.625. The maximum Gasteiger partial charge on any atom is 0.334 e. The standard InChI is InChI=1S/C8H9F5O2/c1-7(2,4(3-9)5(14)15)8(12,13)6(10)11/h3,6H,1-2H3,(H,14,15). The molecule has 15 heavy (non-hydrogen) atoms. The van der Waals surface area contributed by atoms with Crippen LogP contribution in [0.4, 0.5) is 22.0 Å². The highest BCUT2D eigenvalue weighted by atomic mass is 19.3. The Labute approximate surface area is 82.4 Å². The van der Waals surface area contributed by atoms with Crippen LogP contribution in [0.1, 0.15) is 13.8 Å². The maximum atomic E-state index is 12.9. The Hall–Kier alpha value is -1.14. The first-order chi connectivity index (χ1) is 6.59. The number of alkyl halides is 4. The zero-order valence-corrected chi connectivity index (χ0v) is 7.90. The third-order valence-corrected chi connectivity index (χ3v) is 2.12. The van der Waals surface area contributed by atoms with Crippen molar-refractivity contribution in [2.24, 2.45) is 5.41 Å². The van der Waals surface area contributed by atoms with Gasteiger partial charge in [0.25, 0.3) is 0 Å². The fourth-order valence-corrected chi connectivity index (χ4v) is 0.903. The van der Waals surface area contributed by atoms with Crippen LogP contribution in [-0.2, 0) is 4.79 Å². The zero-order chi connectivity index (χ0) is 12.4. The second kappa shape index (κ2) is 4.16. The molecule has 0 atom stereocenters. The molecule has 0 fully saturated rings. The van der Waals surface area contributed by atoms with E-state index in [4.69, 9.17) is 5.11 Å². The predicted molar refractivity (Wildman–Crippen MR) is 41.6 cm³/mol. The topological polar surface area (TPSA) is 37.3 Å². The van der Waals surface area contributed by atoms with E-state index >= 15 is 0 Å². The third-order valence-electron chi connectivity index (χ3n) is 2.12. The molecule has 0 aromatic carbocycles. The average Bonchev–Trinajstić information content (AvgIpc) is 2.03. The smallest absolute Gasteiger partial charge is 0.334 e. The van der Waals surface area contributed by atoms with Gasteiger partial charge in [-0.1, -0.05) is 0 Å². The molecule has 88 valence electrons. The number of rotatable bonds is 4. The highest BCUT2D eigenvalue weighted by Crippen LogP contribution is 2.46. The van der Waals surface area contributed by atoms with Crippen molar-refractivity contribution >= 4 is 5.97 Å². The fourth-order valence-electron chi connectivity index (χ4n) is 0.903. The van der Waals surface area contributed by atoms with Crippen LogP contribution in [0.25, 0.3) is 0 Å². The summed E-state index contributed by atoms with van der Waals surface area (Å²) >= 11 is 0. The molecule has 0 unspecified atom stereocenters. The zero-order valence-electron chi connectivity index (χ0n) is 7.90. The van der Waals surface area contributed by atoms with E-state index in [0.29, 0.717) is 13.8 Å². The van der Waals surface area contributed by atoms with Crippen molar-refractivity contribution < 1.29 is 31.9 Å². The van der Waals surface area contributed by atoms with E-state index < -0.39 is 35.6 Å². The van der Waals surface area contributed by atoms with Crippen LogP contribution in [0.3, 0.4) is 0 Å². The van der Waals surface area contributed by atoms with Gasteiger partial charge in [0.2, 0.25) is 0 Å². The lowest BCUT2D eigenvalue weighted by atomic mass is 9.78. The van der Waals surface area contributed by atoms with Crippen molar-refractivity contribution in [3.05, 3.63) is 11.9 Å². The molecular formula is C8H9F5O2. The van der Waals surface area contributed by atoms with Gasteiger partial charge in [0.05, 0.1) is 17.3 Å². The quantitative estimate of drug-likeness (QED) is 0.597. The molecule has 0 amide bonds. The van der Waals surface area contributed by atoms with Crippen LogP contribution in [-0.4, -0.2) is 23.4 Å². The third kappa shape index (κ3) is 2.27. The van der Waals surface area contributed by atoms with Gasteiger partial charge in [0.1, 0.15) is 0 Å². The van der Waals surface area contributed by atoms with Gasteiger partial charge in [-0.15, -0.1) is 0 Å². The van der Waals surface area contributed by atoms with Crippen LogP contribution >= 0.6 is 0 Å². The lowest BCUT2D eigenvalue weighted by Gasteiger charge is -2.33. The highest BCUT2D eigenvalue weighted by Gasteiger charge is 2.57. The first kappa shape index (κ1) is 13.9. The van der Waals surface area contributed by atoms with E-state index in [1.165, 1.54) is 0 Å². The van der Waals surface area contributed by atoms with Crippen molar-refractivity contribution in [3.8, 4) is 0 Å². The van der Waals surface area contributed by atoms with Crippen molar-refractivity contribution in [3.63, 3.8) is 0 Å². The van der Waals surface area contributed by atoms with E-state index in [9.17, 15) is 26.7 Å². The van der Waals surface area contributed by atoms with Gasteiger partial charge in [-0.25, -0.2) is 18.0 Å². The Balaban J connectivity index is 5.39. The molecule has 0 aliphatic heterocycles. The lowest BCUT2D eigenvalue weighted by molar-refractivity contribution is -0.188. The molecular weight excluding hydrogens is 223 g/mol. The minimum Gasteiger partial charge on any atom is -0.478 e. The lowest BCUT2D eigenvalue weighted by Crippen LogP contribution is -2.45. The summed E-state index contributed by atoms with van der Waals surface area (Å²) in [6, 6.07) is 0. The summed E-state index contributed by atoms with van der Waals surface area (Å²) < 4.78 is 61.8. The molecule has 0 radical (unpaired) electrons. The van der Waals surface area contributed by atoms with Crippen molar-refractivity contribution in [2.75, 3.05) is 0 Å². The normalized spacial score (nSPS) is 14.5. The Kier molecular flexibility index (Phi) is 3.84. The van der Waals surface area contributed by atoms with Gasteiger partial charge in [0, 0.05) is 0 Å². The summed E-state index contributed by atoms with van der Waals surface area (Å²) in [5.41, 5.74) is -4.19. The summed E-state index contributed by atoms with van der Waals surface area (Å²) in [5.74, 6) is -6.62. The number of hydrogen-bond acceptors (Lipinski definition) is 1. The van der Waals surface area contributed by atoms with Crippen LogP contribution in [0.5, 0.6) is 0 Å². The molecule has 0 spiro atoms. The number of aliphatic carboxylic acids is 1. The molecule has 0 aliphatic rings. The molecule has 0 aromatic heterocycles. The summed E-state index contributed by atoms with van der Waals surface area (Å²) in [6.45, 7) is 1.08. The predicted octanol–water partition coefficient (Wildman–Crippen LogP) is 2.85. The molecule has 7 heteroatoms. The van der Waals surface area contributed by atoms with E-state index in [0.717, 1.165) is 0 Å². The number of carboxylic acids is 1. The van der Waals surface area contributed by atoms with E-state index in [1.807, 2.05) is 0 Å². The Morgan fingerprint density at radius 1 is 1.33 bits per heavy atom. The Morgan fingerprint density at radius 2 is 1.73 bits per heavy atom. The molecule has 0 rings (SSSR count). The molecule has 0 heterocycles. The van der Waals surface area contributed by atoms with Crippen molar-refractivity contribution in [2.45, 2.75) is 26.2 Å². The largest absolute Gasteiger partial charge is 0.478 e. The molecule has 0 saturated carbocycles. The van der Waals surface area contributed by atoms with Crippen molar-refractivity contribution in [1.82, 2.24) is 0 Å². The summed E-state index contributed by atoms with van der Waals surface area (Å²) in [5, 5.41) is 8.37. The summed E-state index contributed by atoms with van der Waals surface area (Å²) in [4.78, 5) is 10.4. The number of carboxylic acid groups (broad SMARTS) is 1. The molecule has 0 saturated heterocycles. The average molecular weight is 232 g/mol. The van der Waals surface area contributed by atoms with Gasteiger partial charge >= 0.3 is 18.3 Å². The second-order valence-electron chi connectivity index (χ2n) is 3.38. The second-order valence-corrected chi connectivity index (χ2v) is 3.38. The molecule has 0 aliphatic carbocycles. The summed E-state index contributed by atoms with van der Waals surface area (Å²) in [7, 11) is 0. The van der Waals surface area contributed by atoms with Crippen molar-refractivity contribution in [1.29, 1.82) is 0 Å². The van der Waals surface area contributed by atoms with Gasteiger partial charge in [-0.05, 0) is 13.8 Å². The summed E-state index contributed by atoms with van der Waals surface area (Å²) in [6.07, 6.45) is -4.67. The van der Waals surface area contributed by atoms with Gasteiger partial charge in [0.15, 0.2) is 0 Å². The van der Waals surface area contributed by atoms with E-state index in [1.54, 1.807) is 0 Å². The van der Waals surface area contributed by atoms with Crippen LogP contribution in [0.15, 0.2) is 11.9 Å². The maximum absolute atomic E-state index is 12.9. The number of carbonyl (C=O) groups is 1. The Bertz CT molecular complexity index is 283.